The third-order valence-electron chi connectivity index (χ3n) is 8.27. The topological polar surface area (TPSA) is 115 Å². The first-order valence-corrected chi connectivity index (χ1v) is 14.1. The van der Waals surface area contributed by atoms with Crippen LogP contribution in [0.25, 0.3) is 11.3 Å². The number of anilines is 1. The van der Waals surface area contributed by atoms with E-state index >= 15 is 0 Å². The van der Waals surface area contributed by atoms with Crippen molar-refractivity contribution in [2.24, 2.45) is 0 Å². The number of hydrogen-bond donors (Lipinski definition) is 2. The minimum Gasteiger partial charge on any atom is -0.477 e. The number of pyridine rings is 2. The molecular formula is C31H33F3N6O3. The molecule has 43 heavy (non-hydrogen) atoms. The second-order valence-corrected chi connectivity index (χ2v) is 11.0. The largest absolute Gasteiger partial charge is 0.477 e. The molecule has 0 unspecified atom stereocenters. The summed E-state index contributed by atoms with van der Waals surface area (Å²) in [6.07, 6.45) is -1.32. The fourth-order valence-corrected chi connectivity index (χ4v) is 5.95. The number of β-amino-alcohol motifs (C(OH)–C–C–N with tert-alkyl or cyclic N) is 1. The molecule has 2 atom stereocenters. The summed E-state index contributed by atoms with van der Waals surface area (Å²) in [6.45, 7) is 3.90. The molecule has 2 fully saturated rings. The Bertz CT molecular complexity index is 1500. The number of nitrogens with zero attached hydrogens (tertiary/aromatic N) is 5. The summed E-state index contributed by atoms with van der Waals surface area (Å²) >= 11 is 0. The summed E-state index contributed by atoms with van der Waals surface area (Å²) in [4.78, 5) is 26.8. The Hall–Kier alpha value is -4.21. The molecule has 1 amide bonds. The number of likely N-dealkylation sites (N-methyl/N-ethyl adjacent to an activating group) is 1. The van der Waals surface area contributed by atoms with Gasteiger partial charge in [0, 0.05) is 38.6 Å². The van der Waals surface area contributed by atoms with Crippen LogP contribution in [0, 0.1) is 11.3 Å². The molecule has 2 aliphatic heterocycles. The van der Waals surface area contributed by atoms with Gasteiger partial charge in [0.05, 0.1) is 52.2 Å². The van der Waals surface area contributed by atoms with Crippen molar-refractivity contribution in [3.05, 3.63) is 71.5 Å². The Balaban J connectivity index is 1.45. The lowest BCUT2D eigenvalue weighted by Gasteiger charge is -2.42. The third-order valence-corrected chi connectivity index (χ3v) is 8.27. The molecule has 5 rings (SSSR count). The summed E-state index contributed by atoms with van der Waals surface area (Å²) in [5.74, 6) is 0.209. The van der Waals surface area contributed by atoms with E-state index in [4.69, 9.17) is 4.74 Å². The van der Waals surface area contributed by atoms with Gasteiger partial charge in [-0.1, -0.05) is 6.07 Å². The smallest absolute Gasteiger partial charge is 0.416 e. The minimum atomic E-state index is -4.56. The van der Waals surface area contributed by atoms with Crippen molar-refractivity contribution in [1.29, 1.82) is 5.26 Å². The van der Waals surface area contributed by atoms with Crippen molar-refractivity contribution in [2.75, 3.05) is 44.7 Å². The van der Waals surface area contributed by atoms with Crippen molar-refractivity contribution in [3.8, 4) is 23.2 Å². The number of carbonyl (C=O) groups is 1. The molecule has 226 valence electrons. The summed E-state index contributed by atoms with van der Waals surface area (Å²) in [5, 5.41) is 23.2. The number of likely N-dealkylation sites (tertiary alicyclic amines) is 1. The number of halogens is 3. The maximum absolute atomic E-state index is 14.0. The van der Waals surface area contributed by atoms with Crippen molar-refractivity contribution in [2.45, 2.75) is 43.5 Å². The predicted octanol–water partition coefficient (Wildman–Crippen LogP) is 3.76. The van der Waals surface area contributed by atoms with Gasteiger partial charge in [-0.05, 0) is 68.8 Å². The monoisotopic (exact) mass is 594 g/mol. The minimum absolute atomic E-state index is 0.0727. The fourth-order valence-electron chi connectivity index (χ4n) is 5.95. The molecule has 2 aromatic heterocycles. The number of benzene rings is 1. The number of nitrogens with one attached hydrogen (secondary N) is 1. The van der Waals surface area contributed by atoms with Gasteiger partial charge in [0.25, 0.3) is 0 Å². The third kappa shape index (κ3) is 6.14. The lowest BCUT2D eigenvalue weighted by Crippen LogP contribution is -2.55. The number of nitriles is 1. The highest BCUT2D eigenvalue weighted by atomic mass is 19.4. The molecule has 0 bridgehead atoms. The lowest BCUT2D eigenvalue weighted by molar-refractivity contribution is -0.137. The van der Waals surface area contributed by atoms with Gasteiger partial charge >= 0.3 is 6.18 Å². The lowest BCUT2D eigenvalue weighted by atomic mass is 9.72. The fraction of sp³-hybridized carbons (Fsp3) is 0.419. The molecule has 12 heteroatoms. The number of ether oxygens (including phenoxy) is 1. The number of rotatable bonds is 7. The average Bonchev–Trinajstić information content (AvgIpc) is 3.32. The summed E-state index contributed by atoms with van der Waals surface area (Å²) < 4.78 is 45.5. The van der Waals surface area contributed by atoms with E-state index < -0.39 is 29.3 Å². The van der Waals surface area contributed by atoms with Crippen LogP contribution in [-0.2, 0) is 16.4 Å². The number of aromatic nitrogens is 2. The number of aliphatic hydroxyl groups excluding tert-OH is 1. The molecule has 9 nitrogen and oxygen atoms in total. The van der Waals surface area contributed by atoms with Crippen LogP contribution in [0.4, 0.5) is 18.9 Å². The van der Waals surface area contributed by atoms with Crippen LogP contribution < -0.4 is 15.0 Å². The van der Waals surface area contributed by atoms with Gasteiger partial charge in [-0.2, -0.15) is 18.4 Å². The number of carbonyl (C=O) groups excluding carboxylic acids is 1. The van der Waals surface area contributed by atoms with Crippen LogP contribution in [0.3, 0.4) is 0 Å². The van der Waals surface area contributed by atoms with E-state index in [0.717, 1.165) is 12.1 Å². The van der Waals surface area contributed by atoms with E-state index in [1.54, 1.807) is 18.5 Å². The zero-order valence-corrected chi connectivity index (χ0v) is 23.9. The normalized spacial score (nSPS) is 20.4. The highest BCUT2D eigenvalue weighted by Gasteiger charge is 2.45. The Morgan fingerprint density at radius 2 is 1.95 bits per heavy atom. The number of alkyl halides is 3. The maximum Gasteiger partial charge on any atom is 0.416 e. The molecule has 4 heterocycles. The average molecular weight is 595 g/mol. The molecule has 2 aliphatic rings. The predicted molar refractivity (Wildman–Crippen MR) is 153 cm³/mol. The van der Waals surface area contributed by atoms with E-state index in [1.807, 2.05) is 48.0 Å². The molecular weight excluding hydrogens is 561 g/mol. The quantitative estimate of drug-likeness (QED) is 0.425. The Kier molecular flexibility index (Phi) is 8.57. The SMILES string of the molecule is CCOc1ncccc1-c1ccc(C2(C(=O)N[C@H]3CN(C)C[C@@H]3O)CCN(c3ccc(C(F)(F)F)cc3C#N)CC2)cn1. The molecule has 0 aliphatic carbocycles. The number of hydrogen-bond acceptors (Lipinski definition) is 8. The van der Waals surface area contributed by atoms with E-state index in [0.29, 0.717) is 74.0 Å². The second-order valence-electron chi connectivity index (χ2n) is 11.0. The Labute approximate surface area is 247 Å². The summed E-state index contributed by atoms with van der Waals surface area (Å²) in [7, 11) is 1.87. The van der Waals surface area contributed by atoms with E-state index in [-0.39, 0.29) is 11.5 Å². The zero-order chi connectivity index (χ0) is 30.8. The summed E-state index contributed by atoms with van der Waals surface area (Å²) in [6, 6.07) is 11.9. The number of amides is 1. The first-order chi connectivity index (χ1) is 20.6. The molecule has 1 aromatic carbocycles. The van der Waals surface area contributed by atoms with Crippen molar-refractivity contribution in [3.63, 3.8) is 0 Å². The molecule has 0 radical (unpaired) electrons. The van der Waals surface area contributed by atoms with Gasteiger partial charge in [0.2, 0.25) is 11.8 Å². The van der Waals surface area contributed by atoms with Crippen LogP contribution in [0.1, 0.15) is 36.5 Å². The van der Waals surface area contributed by atoms with Crippen molar-refractivity contribution < 1.29 is 27.8 Å². The standard InChI is InChI=1S/C31H33F3N6O3/c1-3-43-28-23(5-4-12-36-28)24-8-6-22(17-37-24)30(29(42)38-25-18-39(2)19-27(25)41)10-13-40(14-11-30)26-9-7-21(31(32,33)34)15-20(26)16-35/h4-9,12,15,17,25,27,41H,3,10-11,13-14,18-19H2,1-2H3,(H,38,42)/t25-,27-/m0/s1. The molecule has 2 N–H and O–H groups in total. The van der Waals surface area contributed by atoms with Gasteiger partial charge in [0.1, 0.15) is 6.07 Å². The first kappa shape index (κ1) is 30.3. The van der Waals surface area contributed by atoms with Gasteiger partial charge in [0.15, 0.2) is 0 Å². The summed E-state index contributed by atoms with van der Waals surface area (Å²) in [5.41, 5.74) is 0.453. The second kappa shape index (κ2) is 12.2. The maximum atomic E-state index is 14.0. The van der Waals surface area contributed by atoms with Crippen molar-refractivity contribution >= 4 is 11.6 Å². The van der Waals surface area contributed by atoms with Gasteiger partial charge in [-0.3, -0.25) is 9.78 Å². The number of aliphatic hydroxyl groups is 1. The van der Waals surface area contributed by atoms with Crippen molar-refractivity contribution in [1.82, 2.24) is 20.2 Å². The van der Waals surface area contributed by atoms with Crippen LogP contribution in [0.2, 0.25) is 0 Å². The molecule has 0 saturated carbocycles. The number of piperidine rings is 1. The van der Waals surface area contributed by atoms with E-state index in [9.17, 15) is 28.3 Å². The van der Waals surface area contributed by atoms with Crippen LogP contribution in [0.5, 0.6) is 5.88 Å². The van der Waals surface area contributed by atoms with Gasteiger partial charge in [-0.25, -0.2) is 4.98 Å². The van der Waals surface area contributed by atoms with Crippen LogP contribution in [0.15, 0.2) is 54.9 Å². The molecule has 0 spiro atoms. The van der Waals surface area contributed by atoms with Crippen LogP contribution in [-0.4, -0.2) is 77.9 Å². The van der Waals surface area contributed by atoms with Gasteiger partial charge in [-0.15, -0.1) is 0 Å². The molecule has 2 saturated heterocycles. The van der Waals surface area contributed by atoms with E-state index in [2.05, 4.69) is 15.3 Å². The zero-order valence-electron chi connectivity index (χ0n) is 23.9. The van der Waals surface area contributed by atoms with Gasteiger partial charge < -0.3 is 25.0 Å². The van der Waals surface area contributed by atoms with E-state index in [1.165, 1.54) is 6.07 Å². The highest BCUT2D eigenvalue weighted by Crippen LogP contribution is 2.40. The van der Waals surface area contributed by atoms with Crippen LogP contribution >= 0.6 is 0 Å². The Morgan fingerprint density at radius 3 is 2.56 bits per heavy atom. The highest BCUT2D eigenvalue weighted by molar-refractivity contribution is 5.89. The Morgan fingerprint density at radius 1 is 1.19 bits per heavy atom. The first-order valence-electron chi connectivity index (χ1n) is 14.1. The molecule has 3 aromatic rings.